The Hall–Kier alpha value is -1.42. The quantitative estimate of drug-likeness (QED) is 0.827. The van der Waals surface area contributed by atoms with Gasteiger partial charge in [-0.05, 0) is 30.5 Å². The molecule has 0 saturated heterocycles. The second-order valence-corrected chi connectivity index (χ2v) is 4.04. The third kappa shape index (κ3) is 3.82. The fourth-order valence-corrected chi connectivity index (χ4v) is 1.59. The first-order chi connectivity index (χ1) is 8.08. The molecule has 4 heteroatoms. The summed E-state index contributed by atoms with van der Waals surface area (Å²) in [5.41, 5.74) is 6.76. The third-order valence-electron chi connectivity index (χ3n) is 2.64. The summed E-state index contributed by atoms with van der Waals surface area (Å²) >= 11 is 0. The highest BCUT2D eigenvalue weighted by atomic mass is 19.1. The number of nitrogens with two attached hydrogens (primary N) is 1. The van der Waals surface area contributed by atoms with E-state index in [1.165, 1.54) is 6.07 Å². The van der Waals surface area contributed by atoms with E-state index in [0.29, 0.717) is 24.1 Å². The lowest BCUT2D eigenvalue weighted by Gasteiger charge is -2.11. The van der Waals surface area contributed by atoms with Gasteiger partial charge in [0.1, 0.15) is 5.82 Å². The molecule has 0 saturated carbocycles. The molecule has 1 atom stereocenters. The summed E-state index contributed by atoms with van der Waals surface area (Å²) in [6.07, 6.45) is 2.11. The summed E-state index contributed by atoms with van der Waals surface area (Å²) in [7, 11) is 0. The van der Waals surface area contributed by atoms with E-state index in [9.17, 15) is 9.18 Å². The van der Waals surface area contributed by atoms with Crippen molar-refractivity contribution < 1.29 is 9.18 Å². The summed E-state index contributed by atoms with van der Waals surface area (Å²) < 4.78 is 13.5. The molecule has 3 nitrogen and oxygen atoms in total. The molecule has 0 aliphatic carbocycles. The number of nitrogens with one attached hydrogen (secondary N) is 1. The topological polar surface area (TPSA) is 55.1 Å². The number of hydrogen-bond donors (Lipinski definition) is 2. The van der Waals surface area contributed by atoms with E-state index in [4.69, 9.17) is 5.73 Å². The molecule has 94 valence electrons. The van der Waals surface area contributed by atoms with Crippen molar-refractivity contribution in [3.05, 3.63) is 29.6 Å². The fraction of sp³-hybridized carbons (Fsp3) is 0.462. The van der Waals surface area contributed by atoms with Crippen molar-refractivity contribution in [2.75, 3.05) is 5.32 Å². The summed E-state index contributed by atoms with van der Waals surface area (Å²) in [6, 6.07) is 4.17. The fourth-order valence-electron chi connectivity index (χ4n) is 1.59. The van der Waals surface area contributed by atoms with Gasteiger partial charge in [-0.15, -0.1) is 0 Å². The molecule has 1 aromatic rings. The van der Waals surface area contributed by atoms with Gasteiger partial charge >= 0.3 is 0 Å². The van der Waals surface area contributed by atoms with Crippen LogP contribution < -0.4 is 11.1 Å². The molecular weight excluding hydrogens is 219 g/mol. The first-order valence-electron chi connectivity index (χ1n) is 5.93. The molecular formula is C13H19FN2O. The van der Waals surface area contributed by atoms with Crippen molar-refractivity contribution >= 4 is 11.6 Å². The second-order valence-electron chi connectivity index (χ2n) is 4.04. The average molecular weight is 238 g/mol. The molecule has 0 aliphatic heterocycles. The van der Waals surface area contributed by atoms with E-state index in [1.54, 1.807) is 12.1 Å². The summed E-state index contributed by atoms with van der Waals surface area (Å²) in [5.74, 6) is -0.565. The van der Waals surface area contributed by atoms with Gasteiger partial charge in [-0.2, -0.15) is 0 Å². The van der Waals surface area contributed by atoms with Crippen LogP contribution in [-0.2, 0) is 11.2 Å². The van der Waals surface area contributed by atoms with Crippen LogP contribution in [0.25, 0.3) is 0 Å². The predicted molar refractivity (Wildman–Crippen MR) is 67.3 cm³/mol. The highest BCUT2D eigenvalue weighted by Crippen LogP contribution is 2.15. The zero-order chi connectivity index (χ0) is 12.8. The molecule has 3 N–H and O–H groups in total. The van der Waals surface area contributed by atoms with E-state index < -0.39 is 6.04 Å². The maximum absolute atomic E-state index is 13.5. The Kier molecular flexibility index (Phi) is 5.10. The lowest BCUT2D eigenvalue weighted by atomic mass is 10.1. The summed E-state index contributed by atoms with van der Waals surface area (Å²) in [5, 5.41) is 2.61. The van der Waals surface area contributed by atoms with Gasteiger partial charge in [-0.1, -0.05) is 26.3 Å². The number of aryl methyl sites for hydroxylation is 1. The first kappa shape index (κ1) is 13.6. The van der Waals surface area contributed by atoms with Crippen LogP contribution in [0.5, 0.6) is 0 Å². The molecule has 0 fully saturated rings. The minimum Gasteiger partial charge on any atom is -0.325 e. The van der Waals surface area contributed by atoms with Crippen LogP contribution in [0.15, 0.2) is 18.2 Å². The molecule has 1 unspecified atom stereocenters. The zero-order valence-corrected chi connectivity index (χ0v) is 10.3. The Morgan fingerprint density at radius 1 is 1.47 bits per heavy atom. The minimum atomic E-state index is -0.533. The lowest BCUT2D eigenvalue weighted by Crippen LogP contribution is -2.35. The van der Waals surface area contributed by atoms with E-state index in [0.717, 1.165) is 6.42 Å². The maximum atomic E-state index is 13.5. The van der Waals surface area contributed by atoms with Crippen LogP contribution in [0.2, 0.25) is 0 Å². The van der Waals surface area contributed by atoms with Gasteiger partial charge in [-0.3, -0.25) is 4.79 Å². The Bertz CT molecular complexity index is 393. The Morgan fingerprint density at radius 2 is 2.18 bits per heavy atom. The number of halogens is 1. The molecule has 1 aromatic carbocycles. The predicted octanol–water partition coefficient (Wildman–Crippen LogP) is 2.45. The summed E-state index contributed by atoms with van der Waals surface area (Å²) in [4.78, 5) is 11.6. The van der Waals surface area contributed by atoms with Crippen molar-refractivity contribution in [3.8, 4) is 0 Å². The van der Waals surface area contributed by atoms with Crippen molar-refractivity contribution in [2.45, 2.75) is 39.2 Å². The van der Waals surface area contributed by atoms with Gasteiger partial charge < -0.3 is 11.1 Å². The van der Waals surface area contributed by atoms with Crippen LogP contribution in [0.4, 0.5) is 10.1 Å². The van der Waals surface area contributed by atoms with Gasteiger partial charge in [0.05, 0.1) is 6.04 Å². The Morgan fingerprint density at radius 3 is 2.71 bits per heavy atom. The smallest absolute Gasteiger partial charge is 0.241 e. The van der Waals surface area contributed by atoms with E-state index in [2.05, 4.69) is 5.32 Å². The van der Waals surface area contributed by atoms with Crippen molar-refractivity contribution in [1.82, 2.24) is 0 Å². The van der Waals surface area contributed by atoms with Crippen LogP contribution in [-0.4, -0.2) is 11.9 Å². The molecule has 0 bridgehead atoms. The van der Waals surface area contributed by atoms with E-state index >= 15 is 0 Å². The van der Waals surface area contributed by atoms with Crippen molar-refractivity contribution in [1.29, 1.82) is 0 Å². The normalized spacial score (nSPS) is 12.2. The number of carbonyl (C=O) groups is 1. The SMILES string of the molecule is CCCC(N)C(=O)Nc1ccc(CC)c(F)c1. The second kappa shape index (κ2) is 6.35. The molecule has 0 aromatic heterocycles. The Labute approximate surface area is 101 Å². The molecule has 1 amide bonds. The monoisotopic (exact) mass is 238 g/mol. The van der Waals surface area contributed by atoms with Crippen LogP contribution in [0.1, 0.15) is 32.3 Å². The van der Waals surface area contributed by atoms with Crippen LogP contribution >= 0.6 is 0 Å². The number of hydrogen-bond acceptors (Lipinski definition) is 2. The number of carbonyl (C=O) groups excluding carboxylic acids is 1. The number of rotatable bonds is 5. The van der Waals surface area contributed by atoms with E-state index in [-0.39, 0.29) is 11.7 Å². The van der Waals surface area contributed by atoms with Gasteiger partial charge in [-0.25, -0.2) is 4.39 Å². The van der Waals surface area contributed by atoms with Crippen LogP contribution in [0.3, 0.4) is 0 Å². The van der Waals surface area contributed by atoms with Gasteiger partial charge in [0.25, 0.3) is 0 Å². The average Bonchev–Trinajstić information content (AvgIpc) is 2.29. The largest absolute Gasteiger partial charge is 0.325 e. The standard InChI is InChI=1S/C13H19FN2O/c1-3-5-12(15)13(17)16-10-7-6-9(4-2)11(14)8-10/h6-8,12H,3-5,15H2,1-2H3,(H,16,17). The Balaban J connectivity index is 2.69. The molecule has 0 aliphatic rings. The highest BCUT2D eigenvalue weighted by Gasteiger charge is 2.12. The highest BCUT2D eigenvalue weighted by molar-refractivity contribution is 5.94. The lowest BCUT2D eigenvalue weighted by molar-refractivity contribution is -0.117. The van der Waals surface area contributed by atoms with Crippen LogP contribution in [0, 0.1) is 5.82 Å². The van der Waals surface area contributed by atoms with E-state index in [1.807, 2.05) is 13.8 Å². The first-order valence-corrected chi connectivity index (χ1v) is 5.93. The molecule has 0 radical (unpaired) electrons. The minimum absolute atomic E-state index is 0.268. The maximum Gasteiger partial charge on any atom is 0.241 e. The third-order valence-corrected chi connectivity index (χ3v) is 2.64. The number of amides is 1. The molecule has 17 heavy (non-hydrogen) atoms. The number of benzene rings is 1. The van der Waals surface area contributed by atoms with Gasteiger partial charge in [0.2, 0.25) is 5.91 Å². The van der Waals surface area contributed by atoms with Crippen molar-refractivity contribution in [3.63, 3.8) is 0 Å². The van der Waals surface area contributed by atoms with Crippen molar-refractivity contribution in [2.24, 2.45) is 5.73 Å². The van der Waals surface area contributed by atoms with Gasteiger partial charge in [0, 0.05) is 5.69 Å². The number of anilines is 1. The molecule has 0 spiro atoms. The summed E-state index contributed by atoms with van der Waals surface area (Å²) in [6.45, 7) is 3.84. The zero-order valence-electron chi connectivity index (χ0n) is 10.3. The molecule has 1 rings (SSSR count). The molecule has 0 heterocycles. The van der Waals surface area contributed by atoms with Gasteiger partial charge in [0.15, 0.2) is 0 Å².